The molecular formula is C7H4ClF4NO. The van der Waals surface area contributed by atoms with Crippen molar-refractivity contribution < 1.29 is 22.3 Å². The molecule has 0 aromatic carbocycles. The molecule has 78 valence electrons. The molecule has 0 radical (unpaired) electrons. The van der Waals surface area contributed by atoms with E-state index in [2.05, 4.69) is 9.72 Å². The van der Waals surface area contributed by atoms with Crippen LogP contribution >= 0.6 is 11.6 Å². The van der Waals surface area contributed by atoms with Gasteiger partial charge in [-0.15, -0.1) is 0 Å². The van der Waals surface area contributed by atoms with Gasteiger partial charge in [-0.05, 0) is 6.07 Å². The first-order valence-electron chi connectivity index (χ1n) is 3.36. The van der Waals surface area contributed by atoms with Crippen LogP contribution in [0.1, 0.15) is 5.56 Å². The second-order valence-electron chi connectivity index (χ2n) is 2.26. The Morgan fingerprint density at radius 2 is 2.07 bits per heavy atom. The van der Waals surface area contributed by atoms with Crippen molar-refractivity contribution in [1.82, 2.24) is 4.98 Å². The van der Waals surface area contributed by atoms with Gasteiger partial charge < -0.3 is 4.74 Å². The molecule has 0 aliphatic rings. The van der Waals surface area contributed by atoms with Crippen molar-refractivity contribution in [2.45, 2.75) is 6.18 Å². The maximum Gasteiger partial charge on any atom is 0.418 e. The Bertz CT molecular complexity index is 328. The van der Waals surface area contributed by atoms with Crippen LogP contribution in [-0.4, -0.2) is 11.8 Å². The Balaban J connectivity index is 3.06. The Hall–Kier alpha value is -1.04. The largest absolute Gasteiger partial charge is 0.460 e. The van der Waals surface area contributed by atoms with Crippen molar-refractivity contribution in [3.05, 3.63) is 23.0 Å². The lowest BCUT2D eigenvalue weighted by molar-refractivity contribution is -0.138. The fourth-order valence-electron chi connectivity index (χ4n) is 0.743. The molecule has 1 heterocycles. The fourth-order valence-corrected chi connectivity index (χ4v) is 0.901. The lowest BCUT2D eigenvalue weighted by Gasteiger charge is -2.08. The first kappa shape index (κ1) is 11.0. The minimum atomic E-state index is -4.55. The van der Waals surface area contributed by atoms with E-state index < -0.39 is 24.3 Å². The lowest BCUT2D eigenvalue weighted by atomic mass is 10.3. The van der Waals surface area contributed by atoms with Gasteiger partial charge in [0.2, 0.25) is 6.86 Å². The van der Waals surface area contributed by atoms with E-state index in [0.29, 0.717) is 12.3 Å². The average molecular weight is 230 g/mol. The van der Waals surface area contributed by atoms with E-state index in [1.54, 1.807) is 0 Å². The number of nitrogens with zero attached hydrogens (tertiary/aromatic N) is 1. The predicted molar refractivity (Wildman–Crippen MR) is 40.9 cm³/mol. The van der Waals surface area contributed by atoms with E-state index >= 15 is 0 Å². The second-order valence-corrected chi connectivity index (χ2v) is 2.62. The molecule has 0 atom stereocenters. The fraction of sp³-hybridized carbons (Fsp3) is 0.286. The zero-order valence-corrected chi connectivity index (χ0v) is 7.36. The molecule has 7 heteroatoms. The van der Waals surface area contributed by atoms with E-state index in [0.717, 1.165) is 0 Å². The molecule has 1 aromatic rings. The standard InChI is InChI=1S/C7H4ClF4NO/c8-6-5(14-3-9)1-4(2-13-6)7(10,11)12/h1-2H,3H2. The summed E-state index contributed by atoms with van der Waals surface area (Å²) in [7, 11) is 0. The van der Waals surface area contributed by atoms with Crippen molar-refractivity contribution in [1.29, 1.82) is 0 Å². The molecule has 0 N–H and O–H groups in total. The van der Waals surface area contributed by atoms with Gasteiger partial charge in [0.25, 0.3) is 0 Å². The molecule has 0 aliphatic heterocycles. The van der Waals surface area contributed by atoms with Crippen molar-refractivity contribution in [3.8, 4) is 5.75 Å². The summed E-state index contributed by atoms with van der Waals surface area (Å²) in [6.45, 7) is -1.26. The van der Waals surface area contributed by atoms with Crippen LogP contribution in [0.25, 0.3) is 0 Å². The third-order valence-corrected chi connectivity index (χ3v) is 1.63. The molecule has 0 unspecified atom stereocenters. The van der Waals surface area contributed by atoms with E-state index in [-0.39, 0.29) is 5.15 Å². The third-order valence-electron chi connectivity index (χ3n) is 1.34. The van der Waals surface area contributed by atoms with E-state index in [1.165, 1.54) is 0 Å². The summed E-state index contributed by atoms with van der Waals surface area (Å²) in [6.07, 6.45) is -4.00. The SMILES string of the molecule is FCOc1cc(C(F)(F)F)cnc1Cl. The van der Waals surface area contributed by atoms with Gasteiger partial charge in [-0.3, -0.25) is 0 Å². The number of pyridine rings is 1. The van der Waals surface area contributed by atoms with Gasteiger partial charge in [-0.1, -0.05) is 11.6 Å². The molecule has 0 fully saturated rings. The van der Waals surface area contributed by atoms with Crippen LogP contribution in [0.4, 0.5) is 17.6 Å². The summed E-state index contributed by atoms with van der Waals surface area (Å²) < 4.78 is 52.2. The first-order valence-corrected chi connectivity index (χ1v) is 3.74. The third kappa shape index (κ3) is 2.47. The molecule has 2 nitrogen and oxygen atoms in total. The smallest absolute Gasteiger partial charge is 0.418 e. The maximum atomic E-state index is 12.1. The number of hydrogen-bond acceptors (Lipinski definition) is 2. The van der Waals surface area contributed by atoms with Crippen molar-refractivity contribution in [2.75, 3.05) is 6.86 Å². The van der Waals surface area contributed by atoms with E-state index in [4.69, 9.17) is 11.6 Å². The molecule has 0 bridgehead atoms. The van der Waals surface area contributed by atoms with Crippen molar-refractivity contribution >= 4 is 11.6 Å². The predicted octanol–water partition coefficient (Wildman–Crippen LogP) is 3.06. The number of halogens is 5. The zero-order valence-electron chi connectivity index (χ0n) is 6.61. The highest BCUT2D eigenvalue weighted by molar-refractivity contribution is 6.30. The quantitative estimate of drug-likeness (QED) is 0.574. The molecule has 1 rings (SSSR count). The molecule has 0 aliphatic carbocycles. The highest BCUT2D eigenvalue weighted by atomic mass is 35.5. The molecule has 0 saturated heterocycles. The highest BCUT2D eigenvalue weighted by Crippen LogP contribution is 2.33. The second kappa shape index (κ2) is 4.00. The highest BCUT2D eigenvalue weighted by Gasteiger charge is 2.31. The van der Waals surface area contributed by atoms with Crippen molar-refractivity contribution in [3.63, 3.8) is 0 Å². The number of rotatable bonds is 2. The van der Waals surface area contributed by atoms with E-state index in [9.17, 15) is 17.6 Å². The molecule has 14 heavy (non-hydrogen) atoms. The van der Waals surface area contributed by atoms with Gasteiger partial charge in [-0.25, -0.2) is 9.37 Å². The van der Waals surface area contributed by atoms with Crippen LogP contribution in [0, 0.1) is 0 Å². The van der Waals surface area contributed by atoms with Gasteiger partial charge >= 0.3 is 6.18 Å². The Kier molecular flexibility index (Phi) is 3.15. The number of aromatic nitrogens is 1. The zero-order chi connectivity index (χ0) is 10.8. The van der Waals surface area contributed by atoms with Gasteiger partial charge in [0.05, 0.1) is 5.56 Å². The van der Waals surface area contributed by atoms with Crippen LogP contribution in [-0.2, 0) is 6.18 Å². The minimum Gasteiger partial charge on any atom is -0.460 e. The lowest BCUT2D eigenvalue weighted by Crippen LogP contribution is -2.06. The van der Waals surface area contributed by atoms with Gasteiger partial charge in [0, 0.05) is 6.20 Å². The van der Waals surface area contributed by atoms with Crippen LogP contribution < -0.4 is 4.74 Å². The number of ether oxygens (including phenoxy) is 1. The van der Waals surface area contributed by atoms with E-state index in [1.807, 2.05) is 0 Å². The summed E-state index contributed by atoms with van der Waals surface area (Å²) in [4.78, 5) is 3.22. The first-order chi connectivity index (χ1) is 6.45. The Labute approximate surface area is 81.5 Å². The summed E-state index contributed by atoms with van der Waals surface area (Å²) >= 11 is 5.35. The molecule has 0 amide bonds. The number of alkyl halides is 4. The molecule has 0 spiro atoms. The van der Waals surface area contributed by atoms with Crippen LogP contribution in [0.3, 0.4) is 0 Å². The Morgan fingerprint density at radius 1 is 1.43 bits per heavy atom. The topological polar surface area (TPSA) is 22.1 Å². The van der Waals surface area contributed by atoms with Gasteiger partial charge in [-0.2, -0.15) is 13.2 Å². The Morgan fingerprint density at radius 3 is 2.57 bits per heavy atom. The van der Waals surface area contributed by atoms with Crippen LogP contribution in [0.5, 0.6) is 5.75 Å². The summed E-state index contributed by atoms with van der Waals surface area (Å²) in [5, 5.41) is -0.310. The summed E-state index contributed by atoms with van der Waals surface area (Å²) in [5.41, 5.74) is -1.04. The van der Waals surface area contributed by atoms with Gasteiger partial charge in [0.1, 0.15) is 0 Å². The summed E-state index contributed by atoms with van der Waals surface area (Å²) in [5.74, 6) is -0.427. The normalized spacial score (nSPS) is 11.5. The maximum absolute atomic E-state index is 12.1. The molecular weight excluding hydrogens is 226 g/mol. The number of hydrogen-bond donors (Lipinski definition) is 0. The molecule has 1 aromatic heterocycles. The molecule has 0 saturated carbocycles. The van der Waals surface area contributed by atoms with Crippen molar-refractivity contribution in [2.24, 2.45) is 0 Å². The van der Waals surface area contributed by atoms with Gasteiger partial charge in [0.15, 0.2) is 10.9 Å². The minimum absolute atomic E-state index is 0.310. The van der Waals surface area contributed by atoms with Crippen LogP contribution in [0.15, 0.2) is 12.3 Å². The average Bonchev–Trinajstić information content (AvgIpc) is 2.07. The summed E-state index contributed by atoms with van der Waals surface area (Å²) in [6, 6.07) is 0.592. The van der Waals surface area contributed by atoms with Crippen LogP contribution in [0.2, 0.25) is 5.15 Å². The monoisotopic (exact) mass is 229 g/mol.